The van der Waals surface area contributed by atoms with Crippen molar-refractivity contribution in [2.75, 3.05) is 13.1 Å². The highest BCUT2D eigenvalue weighted by molar-refractivity contribution is 7.89. The Morgan fingerprint density at radius 1 is 1.52 bits per heavy atom. The van der Waals surface area contributed by atoms with Gasteiger partial charge in [-0.05, 0) is 25.3 Å². The molecule has 0 aromatic carbocycles. The smallest absolute Gasteiger partial charge is 0.310 e. The summed E-state index contributed by atoms with van der Waals surface area (Å²) >= 11 is 0. The highest BCUT2D eigenvalue weighted by Gasteiger charge is 2.44. The maximum absolute atomic E-state index is 13.2. The third kappa shape index (κ3) is 2.91. The van der Waals surface area contributed by atoms with E-state index in [1.165, 1.54) is 0 Å². The summed E-state index contributed by atoms with van der Waals surface area (Å²) in [5, 5.41) is 9.39. The van der Waals surface area contributed by atoms with Crippen LogP contribution in [0, 0.1) is 11.2 Å². The number of piperidine rings is 1. The molecule has 2 rings (SSSR count). The van der Waals surface area contributed by atoms with Crippen molar-refractivity contribution >= 4 is 16.0 Å². The Hall–Kier alpha value is -1.54. The number of halogens is 1. The van der Waals surface area contributed by atoms with Crippen LogP contribution >= 0.6 is 0 Å². The highest BCUT2D eigenvalue weighted by atomic mass is 32.2. The van der Waals surface area contributed by atoms with Gasteiger partial charge in [0.1, 0.15) is 10.7 Å². The van der Waals surface area contributed by atoms with E-state index in [2.05, 4.69) is 4.98 Å². The Kier molecular flexibility index (Phi) is 4.29. The number of sulfonamides is 1. The molecule has 2 heterocycles. The van der Waals surface area contributed by atoms with Crippen molar-refractivity contribution in [2.45, 2.75) is 31.1 Å². The van der Waals surface area contributed by atoms with Crippen LogP contribution < -0.4 is 0 Å². The molecule has 0 aliphatic carbocycles. The summed E-state index contributed by atoms with van der Waals surface area (Å²) in [6, 6.07) is 0.894. The molecule has 0 amide bonds. The largest absolute Gasteiger partial charge is 0.481 e. The maximum Gasteiger partial charge on any atom is 0.310 e. The van der Waals surface area contributed by atoms with Crippen molar-refractivity contribution in [1.29, 1.82) is 0 Å². The van der Waals surface area contributed by atoms with Crippen LogP contribution in [0.2, 0.25) is 0 Å². The van der Waals surface area contributed by atoms with Gasteiger partial charge in [0, 0.05) is 19.3 Å². The summed E-state index contributed by atoms with van der Waals surface area (Å²) in [6.45, 7) is 1.86. The molecule has 6 nitrogen and oxygen atoms in total. The minimum atomic E-state index is -3.93. The topological polar surface area (TPSA) is 87.6 Å². The maximum atomic E-state index is 13.2. The van der Waals surface area contributed by atoms with Crippen LogP contribution in [0.15, 0.2) is 23.4 Å². The number of rotatable bonds is 4. The van der Waals surface area contributed by atoms with Crippen molar-refractivity contribution in [3.05, 3.63) is 24.3 Å². The number of carboxylic acids is 1. The molecule has 1 saturated heterocycles. The number of carbonyl (C=O) groups is 1. The number of hydrogen-bond donors (Lipinski definition) is 1. The fraction of sp³-hybridized carbons (Fsp3) is 0.538. The van der Waals surface area contributed by atoms with E-state index < -0.39 is 27.2 Å². The number of aromatic nitrogens is 1. The molecule has 1 fully saturated rings. The lowest BCUT2D eigenvalue weighted by molar-refractivity contribution is -0.151. The van der Waals surface area contributed by atoms with Crippen LogP contribution in [-0.2, 0) is 14.8 Å². The van der Waals surface area contributed by atoms with Gasteiger partial charge in [-0.3, -0.25) is 9.78 Å². The van der Waals surface area contributed by atoms with Crippen LogP contribution in [0.25, 0.3) is 0 Å². The Morgan fingerprint density at radius 3 is 2.81 bits per heavy atom. The molecule has 0 spiro atoms. The van der Waals surface area contributed by atoms with Crippen LogP contribution in [-0.4, -0.2) is 41.9 Å². The fourth-order valence-corrected chi connectivity index (χ4v) is 4.13. The average Bonchev–Trinajstić information content (AvgIpc) is 2.47. The van der Waals surface area contributed by atoms with Gasteiger partial charge in [-0.2, -0.15) is 4.31 Å². The monoisotopic (exact) mass is 316 g/mol. The normalized spacial score (nSPS) is 23.9. The summed E-state index contributed by atoms with van der Waals surface area (Å²) in [5.41, 5.74) is -1.08. The van der Waals surface area contributed by atoms with E-state index in [0.29, 0.717) is 19.3 Å². The highest BCUT2D eigenvalue weighted by Crippen LogP contribution is 2.35. The lowest BCUT2D eigenvalue weighted by Crippen LogP contribution is -2.49. The molecule has 0 bridgehead atoms. The molecule has 1 aliphatic rings. The van der Waals surface area contributed by atoms with Gasteiger partial charge in [-0.25, -0.2) is 12.8 Å². The van der Waals surface area contributed by atoms with E-state index in [9.17, 15) is 22.7 Å². The van der Waals surface area contributed by atoms with Gasteiger partial charge in [0.25, 0.3) is 0 Å². The van der Waals surface area contributed by atoms with Crippen molar-refractivity contribution in [3.63, 3.8) is 0 Å². The second kappa shape index (κ2) is 5.69. The number of nitrogens with zero attached hydrogens (tertiary/aromatic N) is 2. The lowest BCUT2D eigenvalue weighted by atomic mass is 9.78. The first kappa shape index (κ1) is 15.8. The molecular weight excluding hydrogens is 299 g/mol. The second-order valence-corrected chi connectivity index (χ2v) is 7.16. The van der Waals surface area contributed by atoms with Gasteiger partial charge in [-0.15, -0.1) is 0 Å². The van der Waals surface area contributed by atoms with Crippen molar-refractivity contribution in [3.8, 4) is 0 Å². The van der Waals surface area contributed by atoms with E-state index in [0.717, 1.165) is 22.8 Å². The molecule has 1 aromatic rings. The van der Waals surface area contributed by atoms with E-state index in [-0.39, 0.29) is 18.0 Å². The Labute approximate surface area is 122 Å². The van der Waals surface area contributed by atoms with Crippen LogP contribution in [0.1, 0.15) is 26.2 Å². The van der Waals surface area contributed by atoms with Crippen LogP contribution in [0.4, 0.5) is 4.39 Å². The molecule has 21 heavy (non-hydrogen) atoms. The SMILES string of the molecule is CCC1(C(=O)O)CCCN(S(=O)(=O)c2cncc(F)c2)C1. The van der Waals surface area contributed by atoms with E-state index >= 15 is 0 Å². The zero-order valence-corrected chi connectivity index (χ0v) is 12.4. The quantitative estimate of drug-likeness (QED) is 0.909. The molecule has 0 saturated carbocycles. The number of hydrogen-bond acceptors (Lipinski definition) is 4. The summed E-state index contributed by atoms with van der Waals surface area (Å²) in [7, 11) is -3.93. The third-order valence-electron chi connectivity index (χ3n) is 3.99. The summed E-state index contributed by atoms with van der Waals surface area (Å²) in [6.07, 6.45) is 3.23. The Bertz CT molecular complexity index is 649. The molecule has 1 atom stereocenters. The first-order chi connectivity index (χ1) is 9.82. The third-order valence-corrected chi connectivity index (χ3v) is 5.80. The van der Waals surface area contributed by atoms with Gasteiger partial charge >= 0.3 is 5.97 Å². The molecule has 1 aliphatic heterocycles. The predicted molar refractivity (Wildman–Crippen MR) is 72.5 cm³/mol. The first-order valence-electron chi connectivity index (χ1n) is 6.66. The minimum absolute atomic E-state index is 0.0995. The number of pyridine rings is 1. The van der Waals surface area contributed by atoms with Crippen LogP contribution in [0.3, 0.4) is 0 Å². The van der Waals surface area contributed by atoms with E-state index in [1.807, 2.05) is 0 Å². The standard InChI is InChI=1S/C13H17FN2O4S/c1-2-13(12(17)18)4-3-5-16(9-13)21(19,20)11-6-10(14)7-15-8-11/h6-8H,2-5,9H2,1H3,(H,17,18). The van der Waals surface area contributed by atoms with E-state index in [1.54, 1.807) is 6.92 Å². The van der Waals surface area contributed by atoms with Gasteiger partial charge in [0.15, 0.2) is 0 Å². The van der Waals surface area contributed by atoms with Crippen molar-refractivity contribution in [2.24, 2.45) is 5.41 Å². The van der Waals surface area contributed by atoms with Gasteiger partial charge in [0.05, 0.1) is 11.6 Å². The second-order valence-electron chi connectivity index (χ2n) is 5.22. The zero-order valence-electron chi connectivity index (χ0n) is 11.6. The molecule has 8 heteroatoms. The Morgan fingerprint density at radius 2 is 2.24 bits per heavy atom. The molecule has 1 N–H and O–H groups in total. The minimum Gasteiger partial charge on any atom is -0.481 e. The number of carboxylic acid groups (broad SMARTS) is 1. The van der Waals surface area contributed by atoms with Crippen molar-refractivity contribution < 1.29 is 22.7 Å². The van der Waals surface area contributed by atoms with Gasteiger partial charge in [0.2, 0.25) is 10.0 Å². The molecule has 116 valence electrons. The predicted octanol–water partition coefficient (Wildman–Crippen LogP) is 1.49. The van der Waals surface area contributed by atoms with E-state index in [4.69, 9.17) is 0 Å². The van der Waals surface area contributed by atoms with Gasteiger partial charge in [-0.1, -0.05) is 6.92 Å². The molecular formula is C13H17FN2O4S. The number of aliphatic carboxylic acids is 1. The van der Waals surface area contributed by atoms with Crippen LogP contribution in [0.5, 0.6) is 0 Å². The summed E-state index contributed by atoms with van der Waals surface area (Å²) in [4.78, 5) is 14.8. The zero-order chi connectivity index (χ0) is 15.7. The van der Waals surface area contributed by atoms with Crippen molar-refractivity contribution in [1.82, 2.24) is 9.29 Å². The molecule has 0 radical (unpaired) electrons. The Balaban J connectivity index is 2.35. The fourth-order valence-electron chi connectivity index (χ4n) is 2.59. The summed E-state index contributed by atoms with van der Waals surface area (Å²) in [5.74, 6) is -1.74. The van der Waals surface area contributed by atoms with Gasteiger partial charge < -0.3 is 5.11 Å². The lowest BCUT2D eigenvalue weighted by Gasteiger charge is -2.38. The molecule has 1 unspecified atom stereocenters. The first-order valence-corrected chi connectivity index (χ1v) is 8.10. The molecule has 1 aromatic heterocycles. The average molecular weight is 316 g/mol. The summed E-state index contributed by atoms with van der Waals surface area (Å²) < 4.78 is 39.3.